The fraction of sp³-hybridized carbons (Fsp3) is 0.538. The molecule has 1 rings (SSSR count). The van der Waals surface area contributed by atoms with Gasteiger partial charge in [-0.2, -0.15) is 0 Å². The number of aryl methyl sites for hydroxylation is 2. The summed E-state index contributed by atoms with van der Waals surface area (Å²) in [7, 11) is 0. The van der Waals surface area contributed by atoms with E-state index in [9.17, 15) is 0 Å². The van der Waals surface area contributed by atoms with Crippen LogP contribution >= 0.6 is 0 Å². The van der Waals surface area contributed by atoms with Gasteiger partial charge in [-0.25, -0.2) is 0 Å². The third-order valence-corrected chi connectivity index (χ3v) is 2.38. The molecule has 0 unspecified atom stereocenters. The molecule has 0 spiro atoms. The topological polar surface area (TPSA) is 12.0 Å². The molecule has 1 heteroatoms. The Bertz CT molecular complexity index is 254. The van der Waals surface area contributed by atoms with Gasteiger partial charge in [0.15, 0.2) is 0 Å². The van der Waals surface area contributed by atoms with E-state index >= 15 is 0 Å². The minimum absolute atomic E-state index is 0.999. The van der Waals surface area contributed by atoms with E-state index in [2.05, 4.69) is 44.3 Å². The van der Waals surface area contributed by atoms with Crippen molar-refractivity contribution < 1.29 is 0 Å². The lowest BCUT2D eigenvalue weighted by molar-refractivity contribution is 0.917. The Hall–Kier alpha value is -0.980. The van der Waals surface area contributed by atoms with Crippen molar-refractivity contribution in [2.75, 3.05) is 11.9 Å². The summed E-state index contributed by atoms with van der Waals surface area (Å²) in [4.78, 5) is 0. The first-order valence-corrected chi connectivity index (χ1v) is 5.66. The number of rotatable bonds is 5. The highest BCUT2D eigenvalue weighted by Crippen LogP contribution is 2.16. The van der Waals surface area contributed by atoms with E-state index < -0.39 is 0 Å². The fourth-order valence-electron chi connectivity index (χ4n) is 1.71. The van der Waals surface area contributed by atoms with Crippen molar-refractivity contribution in [3.05, 3.63) is 29.3 Å². The first-order chi connectivity index (χ1) is 6.80. The first kappa shape index (κ1) is 11.1. The van der Waals surface area contributed by atoms with Crippen LogP contribution in [0.25, 0.3) is 0 Å². The van der Waals surface area contributed by atoms with Crippen LogP contribution < -0.4 is 5.32 Å². The second-order valence-electron chi connectivity index (χ2n) is 3.67. The zero-order valence-electron chi connectivity index (χ0n) is 9.56. The molecule has 0 atom stereocenters. The van der Waals surface area contributed by atoms with Crippen LogP contribution in [0.2, 0.25) is 0 Å². The van der Waals surface area contributed by atoms with Gasteiger partial charge in [0.2, 0.25) is 0 Å². The van der Waals surface area contributed by atoms with Gasteiger partial charge in [0.05, 0.1) is 0 Å². The second-order valence-corrected chi connectivity index (χ2v) is 3.67. The Balaban J connectivity index is 2.88. The van der Waals surface area contributed by atoms with Crippen molar-refractivity contribution in [1.29, 1.82) is 0 Å². The van der Waals surface area contributed by atoms with Gasteiger partial charge in [-0.15, -0.1) is 0 Å². The quantitative estimate of drug-likeness (QED) is 0.749. The normalized spacial score (nSPS) is 10.2. The van der Waals surface area contributed by atoms with E-state index in [1.165, 1.54) is 29.7 Å². The molecule has 0 bridgehead atoms. The lowest BCUT2D eigenvalue weighted by atomic mass is 10.0. The van der Waals surface area contributed by atoms with Crippen LogP contribution in [-0.2, 0) is 12.8 Å². The van der Waals surface area contributed by atoms with Crippen LogP contribution in [0.4, 0.5) is 5.69 Å². The molecule has 0 aliphatic heterocycles. The molecular formula is C13H21N. The van der Waals surface area contributed by atoms with Crippen LogP contribution in [0.3, 0.4) is 0 Å². The largest absolute Gasteiger partial charge is 0.385 e. The highest BCUT2D eigenvalue weighted by Gasteiger charge is 1.98. The summed E-state index contributed by atoms with van der Waals surface area (Å²) in [6.45, 7) is 7.57. The highest BCUT2D eigenvalue weighted by atomic mass is 14.8. The van der Waals surface area contributed by atoms with Crippen molar-refractivity contribution in [1.82, 2.24) is 0 Å². The first-order valence-electron chi connectivity index (χ1n) is 5.66. The summed E-state index contributed by atoms with van der Waals surface area (Å²) < 4.78 is 0. The Morgan fingerprint density at radius 3 is 2.29 bits per heavy atom. The second kappa shape index (κ2) is 5.69. The molecule has 1 nitrogen and oxygen atoms in total. The molecule has 0 aliphatic rings. The molecule has 1 aromatic carbocycles. The maximum Gasteiger partial charge on any atom is 0.0345 e. The molecule has 0 aromatic heterocycles. The zero-order valence-corrected chi connectivity index (χ0v) is 9.56. The van der Waals surface area contributed by atoms with Gasteiger partial charge in [-0.05, 0) is 43.0 Å². The number of nitrogens with one attached hydrogen (secondary N) is 1. The van der Waals surface area contributed by atoms with Crippen LogP contribution in [-0.4, -0.2) is 6.54 Å². The van der Waals surface area contributed by atoms with E-state index in [0.29, 0.717) is 0 Å². The number of benzene rings is 1. The van der Waals surface area contributed by atoms with Gasteiger partial charge in [-0.3, -0.25) is 0 Å². The Morgan fingerprint density at radius 1 is 1.00 bits per heavy atom. The third-order valence-electron chi connectivity index (χ3n) is 2.38. The maximum absolute atomic E-state index is 3.38. The van der Waals surface area contributed by atoms with Crippen molar-refractivity contribution >= 4 is 5.69 Å². The minimum Gasteiger partial charge on any atom is -0.385 e. The predicted molar refractivity (Wildman–Crippen MR) is 64.0 cm³/mol. The SMILES string of the molecule is CCCc1cc(CC)cc(NCC)c1. The molecule has 0 saturated carbocycles. The molecule has 0 aliphatic carbocycles. The summed E-state index contributed by atoms with van der Waals surface area (Å²) in [5.41, 5.74) is 4.17. The summed E-state index contributed by atoms with van der Waals surface area (Å²) in [5.74, 6) is 0. The molecule has 0 radical (unpaired) electrons. The van der Waals surface area contributed by atoms with Gasteiger partial charge in [-0.1, -0.05) is 26.3 Å². The molecule has 0 amide bonds. The lowest BCUT2D eigenvalue weighted by Gasteiger charge is -2.09. The monoisotopic (exact) mass is 191 g/mol. The zero-order chi connectivity index (χ0) is 10.4. The van der Waals surface area contributed by atoms with Crippen molar-refractivity contribution in [2.24, 2.45) is 0 Å². The average Bonchev–Trinajstić information content (AvgIpc) is 2.18. The van der Waals surface area contributed by atoms with E-state index in [1.807, 2.05) is 0 Å². The van der Waals surface area contributed by atoms with Gasteiger partial charge >= 0.3 is 0 Å². The van der Waals surface area contributed by atoms with Gasteiger partial charge < -0.3 is 5.32 Å². The van der Waals surface area contributed by atoms with E-state index in [4.69, 9.17) is 0 Å². The molecule has 1 aromatic rings. The fourth-order valence-corrected chi connectivity index (χ4v) is 1.71. The number of anilines is 1. The number of hydrogen-bond acceptors (Lipinski definition) is 1. The van der Waals surface area contributed by atoms with Crippen molar-refractivity contribution in [3.63, 3.8) is 0 Å². The maximum atomic E-state index is 3.38. The van der Waals surface area contributed by atoms with Crippen LogP contribution in [0, 0.1) is 0 Å². The van der Waals surface area contributed by atoms with Crippen molar-refractivity contribution in [2.45, 2.75) is 40.0 Å². The number of hydrogen-bond donors (Lipinski definition) is 1. The van der Waals surface area contributed by atoms with Crippen LogP contribution in [0.1, 0.15) is 38.3 Å². The molecule has 0 heterocycles. The Labute approximate surface area is 87.5 Å². The molecular weight excluding hydrogens is 170 g/mol. The Kier molecular flexibility index (Phi) is 4.51. The van der Waals surface area contributed by atoms with Gasteiger partial charge in [0, 0.05) is 12.2 Å². The van der Waals surface area contributed by atoms with Crippen LogP contribution in [0.5, 0.6) is 0 Å². The van der Waals surface area contributed by atoms with Crippen molar-refractivity contribution in [3.8, 4) is 0 Å². The summed E-state index contributed by atoms with van der Waals surface area (Å²) >= 11 is 0. The van der Waals surface area contributed by atoms with Gasteiger partial charge in [0.25, 0.3) is 0 Å². The minimum atomic E-state index is 0.999. The highest BCUT2D eigenvalue weighted by molar-refractivity contribution is 5.48. The smallest absolute Gasteiger partial charge is 0.0345 e. The molecule has 1 N–H and O–H groups in total. The summed E-state index contributed by atoms with van der Waals surface area (Å²) in [5, 5.41) is 3.38. The molecule has 14 heavy (non-hydrogen) atoms. The standard InChI is InChI=1S/C13H21N/c1-4-7-12-8-11(5-2)9-13(10-12)14-6-3/h8-10,14H,4-7H2,1-3H3. The van der Waals surface area contributed by atoms with E-state index in [-0.39, 0.29) is 0 Å². The van der Waals surface area contributed by atoms with Gasteiger partial charge in [0.1, 0.15) is 0 Å². The van der Waals surface area contributed by atoms with Crippen LogP contribution in [0.15, 0.2) is 18.2 Å². The summed E-state index contributed by atoms with van der Waals surface area (Å²) in [6, 6.07) is 6.85. The van der Waals surface area contributed by atoms with E-state index in [1.54, 1.807) is 0 Å². The van der Waals surface area contributed by atoms with E-state index in [0.717, 1.165) is 13.0 Å². The third kappa shape index (κ3) is 3.06. The summed E-state index contributed by atoms with van der Waals surface area (Å²) in [6.07, 6.45) is 3.53. The molecule has 0 fully saturated rings. The average molecular weight is 191 g/mol. The molecule has 78 valence electrons. The predicted octanol–water partition coefficient (Wildman–Crippen LogP) is 3.63. The lowest BCUT2D eigenvalue weighted by Crippen LogP contribution is -1.99. The molecule has 0 saturated heterocycles. The Morgan fingerprint density at radius 2 is 1.71 bits per heavy atom.